The maximum absolute atomic E-state index is 11.4. The largest absolute Gasteiger partial charge is 0.466 e. The first kappa shape index (κ1) is 19.8. The lowest BCUT2D eigenvalue weighted by Crippen LogP contribution is -2.21. The highest BCUT2D eigenvalue weighted by Gasteiger charge is 2.18. The van der Waals surface area contributed by atoms with Crippen molar-refractivity contribution in [2.45, 2.75) is 45.6 Å². The van der Waals surface area contributed by atoms with Crippen LogP contribution in [0.1, 0.15) is 39.5 Å². The average molecular weight is 322 g/mol. The van der Waals surface area contributed by atoms with Crippen LogP contribution in [-0.4, -0.2) is 40.6 Å². The first-order chi connectivity index (χ1) is 9.65. The first-order valence-electron chi connectivity index (χ1n) is 6.72. The molecule has 0 aromatic heterocycles. The fourth-order valence-corrected chi connectivity index (χ4v) is 1.92. The highest BCUT2D eigenvalue weighted by atomic mass is 31.2. The molecule has 0 aromatic carbocycles. The summed E-state index contributed by atoms with van der Waals surface area (Å²) in [4.78, 5) is 40.0. The molecule has 0 saturated heterocycles. The van der Waals surface area contributed by atoms with E-state index in [9.17, 15) is 14.2 Å². The molecule has 1 unspecified atom stereocenters. The Morgan fingerprint density at radius 3 is 2.38 bits per heavy atom. The van der Waals surface area contributed by atoms with Crippen molar-refractivity contribution in [3.63, 3.8) is 0 Å². The topological polar surface area (TPSA) is 110 Å². The van der Waals surface area contributed by atoms with Gasteiger partial charge in [0.2, 0.25) is 0 Å². The van der Waals surface area contributed by atoms with E-state index in [1.54, 1.807) is 6.92 Å². The molecule has 8 heteroatoms. The fourth-order valence-electron chi connectivity index (χ4n) is 1.45. The molecule has 0 aromatic rings. The van der Waals surface area contributed by atoms with Gasteiger partial charge in [0.25, 0.3) is 0 Å². The molecule has 0 bridgehead atoms. The molecule has 122 valence electrons. The van der Waals surface area contributed by atoms with Crippen molar-refractivity contribution in [3.05, 3.63) is 12.2 Å². The van der Waals surface area contributed by atoms with Crippen molar-refractivity contribution in [3.8, 4) is 0 Å². The van der Waals surface area contributed by atoms with Crippen LogP contribution in [0, 0.1) is 0 Å². The van der Waals surface area contributed by atoms with E-state index in [-0.39, 0.29) is 19.1 Å². The van der Waals surface area contributed by atoms with Gasteiger partial charge in [-0.2, -0.15) is 0 Å². The Hall–Kier alpha value is -1.17. The number of ether oxygens (including phenoxy) is 2. The van der Waals surface area contributed by atoms with E-state index in [4.69, 9.17) is 19.3 Å². The third kappa shape index (κ3) is 11.2. The third-order valence-corrected chi connectivity index (χ3v) is 3.35. The van der Waals surface area contributed by atoms with E-state index in [2.05, 4.69) is 6.58 Å². The van der Waals surface area contributed by atoms with Gasteiger partial charge in [0.15, 0.2) is 0 Å². The molecule has 0 amide bonds. The second-order valence-corrected chi connectivity index (χ2v) is 6.52. The molecule has 0 aliphatic heterocycles. The van der Waals surface area contributed by atoms with Crippen LogP contribution in [0.4, 0.5) is 0 Å². The van der Waals surface area contributed by atoms with Crippen LogP contribution in [0.3, 0.4) is 0 Å². The van der Waals surface area contributed by atoms with Gasteiger partial charge in [-0.1, -0.05) is 19.9 Å². The maximum Gasteiger partial charge on any atom is 0.333 e. The second-order valence-electron chi connectivity index (χ2n) is 4.74. The lowest BCUT2D eigenvalue weighted by molar-refractivity contribution is -0.148. The second kappa shape index (κ2) is 9.71. The van der Waals surface area contributed by atoms with Crippen LogP contribution in [0.5, 0.6) is 0 Å². The average Bonchev–Trinajstić information content (AvgIpc) is 2.35. The van der Waals surface area contributed by atoms with Gasteiger partial charge in [-0.25, -0.2) is 4.79 Å². The van der Waals surface area contributed by atoms with Crippen molar-refractivity contribution < 1.29 is 33.4 Å². The van der Waals surface area contributed by atoms with Crippen molar-refractivity contribution >= 4 is 19.5 Å². The number of carbonyl (C=O) groups is 2. The van der Waals surface area contributed by atoms with Crippen LogP contribution < -0.4 is 0 Å². The highest BCUT2D eigenvalue weighted by Crippen LogP contribution is 2.34. The number of hydrogen-bond acceptors (Lipinski definition) is 5. The molecule has 1 atom stereocenters. The van der Waals surface area contributed by atoms with Gasteiger partial charge < -0.3 is 19.3 Å². The number of hydrogen-bond donors (Lipinski definition) is 2. The summed E-state index contributed by atoms with van der Waals surface area (Å²) in [5.74, 6) is -1.17. The molecule has 0 heterocycles. The third-order valence-electron chi connectivity index (χ3n) is 2.54. The molecule has 2 N–H and O–H groups in total. The summed E-state index contributed by atoms with van der Waals surface area (Å²) in [5.41, 5.74) is 0.301. The number of carbonyl (C=O) groups excluding carboxylic acids is 2. The molecule has 21 heavy (non-hydrogen) atoms. The van der Waals surface area contributed by atoms with Gasteiger partial charge in [0.05, 0.1) is 19.2 Å². The van der Waals surface area contributed by atoms with Crippen molar-refractivity contribution in [1.29, 1.82) is 0 Å². The minimum absolute atomic E-state index is 0.0358. The van der Waals surface area contributed by atoms with E-state index in [0.29, 0.717) is 18.4 Å². The van der Waals surface area contributed by atoms with E-state index in [1.807, 2.05) is 6.92 Å². The van der Waals surface area contributed by atoms with Crippen molar-refractivity contribution in [1.82, 2.24) is 0 Å². The van der Waals surface area contributed by atoms with E-state index >= 15 is 0 Å². The Morgan fingerprint density at radius 2 is 1.90 bits per heavy atom. The predicted octanol–water partition coefficient (Wildman–Crippen LogP) is 1.78. The molecule has 0 aliphatic rings. The predicted molar refractivity (Wildman–Crippen MR) is 76.7 cm³/mol. The normalized spacial score (nSPS) is 12.6. The van der Waals surface area contributed by atoms with Gasteiger partial charge in [-0.15, -0.1) is 0 Å². The molecule has 0 saturated carbocycles. The lowest BCUT2D eigenvalue weighted by Gasteiger charge is -2.17. The van der Waals surface area contributed by atoms with Crippen molar-refractivity contribution in [2.75, 3.05) is 12.8 Å². The van der Waals surface area contributed by atoms with Crippen LogP contribution in [-0.2, 0) is 23.6 Å². The van der Waals surface area contributed by atoms with E-state index in [0.717, 1.165) is 6.42 Å². The maximum atomic E-state index is 11.4. The summed E-state index contributed by atoms with van der Waals surface area (Å²) in [7, 11) is -4.19. The zero-order chi connectivity index (χ0) is 16.5. The van der Waals surface area contributed by atoms with Gasteiger partial charge in [0.1, 0.15) is 6.10 Å². The molecular weight excluding hydrogens is 299 g/mol. The molecular formula is C13H23O7P. The van der Waals surface area contributed by atoms with Gasteiger partial charge in [0, 0.05) is 12.0 Å². The Balaban J connectivity index is 4.08. The van der Waals surface area contributed by atoms with E-state index in [1.165, 1.54) is 0 Å². The summed E-state index contributed by atoms with van der Waals surface area (Å²) in [6.07, 6.45) is 0.547. The number of esters is 2. The Kier molecular flexibility index (Phi) is 9.17. The smallest absolute Gasteiger partial charge is 0.333 e. The molecule has 0 aliphatic carbocycles. The summed E-state index contributed by atoms with van der Waals surface area (Å²) >= 11 is 0. The molecule has 7 nitrogen and oxygen atoms in total. The van der Waals surface area contributed by atoms with Gasteiger partial charge in [-0.3, -0.25) is 9.36 Å². The minimum atomic E-state index is -4.19. The zero-order valence-electron chi connectivity index (χ0n) is 12.4. The summed E-state index contributed by atoms with van der Waals surface area (Å²) in [6, 6.07) is 0. The molecule has 0 radical (unpaired) electrons. The fraction of sp³-hybridized carbons (Fsp3) is 0.692. The molecule has 0 rings (SSSR count). The Bertz CT molecular complexity index is 413. The first-order valence-corrected chi connectivity index (χ1v) is 8.52. The molecule has 0 spiro atoms. The SMILES string of the molecule is C=C(C)C(=O)OC(CCC)CCOC(=O)CCP(=O)(O)O. The minimum Gasteiger partial charge on any atom is -0.466 e. The number of rotatable bonds is 10. The quantitative estimate of drug-likeness (QED) is 0.358. The van der Waals surface area contributed by atoms with Crippen LogP contribution in [0.25, 0.3) is 0 Å². The summed E-state index contributed by atoms with van der Waals surface area (Å²) < 4.78 is 20.7. The zero-order valence-corrected chi connectivity index (χ0v) is 13.3. The summed E-state index contributed by atoms with van der Waals surface area (Å²) in [5, 5.41) is 0. The van der Waals surface area contributed by atoms with E-state index < -0.39 is 25.7 Å². The Morgan fingerprint density at radius 1 is 1.29 bits per heavy atom. The van der Waals surface area contributed by atoms with Gasteiger partial charge >= 0.3 is 19.5 Å². The monoisotopic (exact) mass is 322 g/mol. The lowest BCUT2D eigenvalue weighted by atomic mass is 10.1. The van der Waals surface area contributed by atoms with Crippen LogP contribution in [0.2, 0.25) is 0 Å². The molecule has 0 fully saturated rings. The Labute approximate surface area is 124 Å². The van der Waals surface area contributed by atoms with Crippen LogP contribution in [0.15, 0.2) is 12.2 Å². The van der Waals surface area contributed by atoms with Crippen molar-refractivity contribution in [2.24, 2.45) is 0 Å². The van der Waals surface area contributed by atoms with Gasteiger partial charge in [-0.05, 0) is 13.3 Å². The highest BCUT2D eigenvalue weighted by molar-refractivity contribution is 7.51. The summed E-state index contributed by atoms with van der Waals surface area (Å²) in [6.45, 7) is 7.01. The van der Waals surface area contributed by atoms with Crippen LogP contribution >= 0.6 is 7.60 Å². The standard InChI is InChI=1S/C13H23O7P/c1-4-5-11(20-13(15)10(2)3)6-8-19-12(14)7-9-21(16,17)18/h11H,2,4-9H2,1,3H3,(H2,16,17,18).